The Hall–Kier alpha value is -2.91. The first kappa shape index (κ1) is 26.2. The van der Waals surface area contributed by atoms with Gasteiger partial charge in [-0.05, 0) is 56.4 Å². The Labute approximate surface area is 220 Å². The van der Waals surface area contributed by atoms with Gasteiger partial charge in [-0.15, -0.1) is 0 Å². The highest BCUT2D eigenvalue weighted by Gasteiger charge is 2.52. The van der Waals surface area contributed by atoms with Gasteiger partial charge in [0.25, 0.3) is 5.91 Å². The van der Waals surface area contributed by atoms with Gasteiger partial charge in [0.2, 0.25) is 0 Å². The molecule has 0 saturated carbocycles. The highest BCUT2D eigenvalue weighted by atomic mass is 79.9. The number of likely N-dealkylation sites (tertiary alicyclic amines) is 1. The predicted octanol–water partition coefficient (Wildman–Crippen LogP) is 4.60. The summed E-state index contributed by atoms with van der Waals surface area (Å²) >= 11 is 3.41. The number of benzene rings is 2. The minimum atomic E-state index is -0.832. The zero-order valence-electron chi connectivity index (χ0n) is 20.7. The third-order valence-electron chi connectivity index (χ3n) is 6.78. The molecule has 2 aromatic carbocycles. The number of ether oxygens (including phenoxy) is 1. The average molecular weight is 557 g/mol. The lowest BCUT2D eigenvalue weighted by Crippen LogP contribution is -2.55. The summed E-state index contributed by atoms with van der Waals surface area (Å²) < 4.78 is 6.24. The fraction of sp³-hybridized carbons (Fsp3) is 0.444. The highest BCUT2D eigenvalue weighted by molar-refractivity contribution is 9.10. The summed E-state index contributed by atoms with van der Waals surface area (Å²) in [5, 5.41) is 5.97. The molecule has 4 rings (SSSR count). The molecule has 0 unspecified atom stereocenters. The zero-order chi connectivity index (χ0) is 25.7. The molecule has 8 nitrogen and oxygen atoms in total. The van der Waals surface area contributed by atoms with Crippen molar-refractivity contribution < 1.29 is 19.1 Å². The van der Waals surface area contributed by atoms with E-state index in [1.807, 2.05) is 68.4 Å². The van der Waals surface area contributed by atoms with Crippen molar-refractivity contribution in [1.82, 2.24) is 20.4 Å². The molecule has 192 valence electrons. The van der Waals surface area contributed by atoms with E-state index < -0.39 is 11.6 Å². The van der Waals surface area contributed by atoms with Gasteiger partial charge < -0.3 is 20.3 Å². The van der Waals surface area contributed by atoms with Crippen molar-refractivity contribution in [1.29, 1.82) is 0 Å². The molecule has 2 aromatic rings. The number of amides is 4. The molecule has 1 atom stereocenters. The number of nitrogens with one attached hydrogen (secondary N) is 2. The third kappa shape index (κ3) is 6.25. The number of carbonyl (C=O) groups is 3. The van der Waals surface area contributed by atoms with E-state index in [2.05, 4.69) is 31.5 Å². The van der Waals surface area contributed by atoms with E-state index in [9.17, 15) is 14.4 Å². The van der Waals surface area contributed by atoms with Crippen molar-refractivity contribution in [3.05, 3.63) is 70.2 Å². The van der Waals surface area contributed by atoms with Crippen LogP contribution in [0.3, 0.4) is 0 Å². The maximum atomic E-state index is 13.3. The summed E-state index contributed by atoms with van der Waals surface area (Å²) in [7, 11) is 0. The number of piperidine rings is 1. The van der Waals surface area contributed by atoms with E-state index in [-0.39, 0.29) is 30.6 Å². The average Bonchev–Trinajstić information content (AvgIpc) is 3.08. The van der Waals surface area contributed by atoms with Gasteiger partial charge in [0.05, 0.1) is 18.7 Å². The van der Waals surface area contributed by atoms with E-state index in [1.165, 1.54) is 4.90 Å². The first-order valence-electron chi connectivity index (χ1n) is 12.4. The fourth-order valence-corrected chi connectivity index (χ4v) is 5.06. The number of hydrogen-bond acceptors (Lipinski definition) is 5. The Morgan fingerprint density at radius 2 is 1.75 bits per heavy atom. The molecule has 2 saturated heterocycles. The number of hydrogen-bond donors (Lipinski definition) is 2. The van der Waals surface area contributed by atoms with E-state index in [0.717, 1.165) is 22.1 Å². The molecule has 2 fully saturated rings. The van der Waals surface area contributed by atoms with Gasteiger partial charge in [-0.1, -0.05) is 58.4 Å². The molecular weight excluding hydrogens is 524 g/mol. The number of carbonyl (C=O) groups excluding carboxylic acids is 3. The van der Waals surface area contributed by atoms with Crippen LogP contribution in [0.5, 0.6) is 0 Å². The summed E-state index contributed by atoms with van der Waals surface area (Å²) in [5.41, 5.74) is 1.10. The molecule has 0 radical (unpaired) electrons. The molecule has 0 bridgehead atoms. The Balaban J connectivity index is 1.33. The summed E-state index contributed by atoms with van der Waals surface area (Å²) in [6, 6.07) is 17.0. The molecule has 2 aliphatic heterocycles. The van der Waals surface area contributed by atoms with Crippen LogP contribution in [0, 0.1) is 0 Å². The van der Waals surface area contributed by atoms with Gasteiger partial charge in [0.1, 0.15) is 5.54 Å². The van der Waals surface area contributed by atoms with Crippen LogP contribution in [0.25, 0.3) is 0 Å². The Bertz CT molecular complexity index is 1070. The van der Waals surface area contributed by atoms with Crippen LogP contribution in [0.15, 0.2) is 59.1 Å². The van der Waals surface area contributed by atoms with Crippen molar-refractivity contribution in [3.63, 3.8) is 0 Å². The van der Waals surface area contributed by atoms with E-state index in [4.69, 9.17) is 4.74 Å². The van der Waals surface area contributed by atoms with Crippen LogP contribution in [-0.4, -0.2) is 59.1 Å². The van der Waals surface area contributed by atoms with Gasteiger partial charge >= 0.3 is 12.1 Å². The molecular formula is C27H33BrN4O4. The number of rotatable bonds is 8. The minimum Gasteiger partial charge on any atom is -0.447 e. The van der Waals surface area contributed by atoms with E-state index in [1.54, 1.807) is 0 Å². The van der Waals surface area contributed by atoms with Crippen LogP contribution in [0.4, 0.5) is 9.59 Å². The lowest BCUT2D eigenvalue weighted by Gasteiger charge is -2.37. The summed E-state index contributed by atoms with van der Waals surface area (Å²) in [5.74, 6) is -0.143. The number of halogens is 1. The molecule has 9 heteroatoms. The largest absolute Gasteiger partial charge is 0.447 e. The van der Waals surface area contributed by atoms with Gasteiger partial charge in [-0.25, -0.2) is 9.59 Å². The van der Waals surface area contributed by atoms with Crippen molar-refractivity contribution in [2.24, 2.45) is 0 Å². The Morgan fingerprint density at radius 1 is 1.08 bits per heavy atom. The number of urea groups is 1. The maximum Gasteiger partial charge on any atom is 0.407 e. The monoisotopic (exact) mass is 556 g/mol. The molecule has 0 aliphatic carbocycles. The highest BCUT2D eigenvalue weighted by Crippen LogP contribution is 2.31. The Kier molecular flexibility index (Phi) is 8.31. The summed E-state index contributed by atoms with van der Waals surface area (Å²) in [6.07, 6.45) is 1.21. The van der Waals surface area contributed by atoms with Gasteiger partial charge in [-0.2, -0.15) is 0 Å². The number of alkyl carbamates (subject to hydrolysis) is 1. The topological polar surface area (TPSA) is 91.0 Å². The first-order chi connectivity index (χ1) is 17.3. The first-order valence-corrected chi connectivity index (χ1v) is 13.2. The van der Waals surface area contributed by atoms with E-state index in [0.29, 0.717) is 32.4 Å². The molecule has 2 N–H and O–H groups in total. The van der Waals surface area contributed by atoms with Crippen molar-refractivity contribution >= 4 is 34.0 Å². The molecule has 2 heterocycles. The van der Waals surface area contributed by atoms with Gasteiger partial charge in [0.15, 0.2) is 0 Å². The maximum absolute atomic E-state index is 13.3. The number of nitrogens with zero attached hydrogens (tertiary/aromatic N) is 2. The molecule has 36 heavy (non-hydrogen) atoms. The minimum absolute atomic E-state index is 0.143. The zero-order valence-corrected chi connectivity index (χ0v) is 22.3. The van der Waals surface area contributed by atoms with Crippen molar-refractivity contribution in [2.75, 3.05) is 19.6 Å². The lowest BCUT2D eigenvalue weighted by molar-refractivity contribution is -0.133. The second-order valence-corrected chi connectivity index (χ2v) is 10.6. The van der Waals surface area contributed by atoms with Gasteiger partial charge in [0, 0.05) is 24.1 Å². The summed E-state index contributed by atoms with van der Waals surface area (Å²) in [4.78, 5) is 41.9. The third-order valence-corrected chi connectivity index (χ3v) is 7.31. The van der Waals surface area contributed by atoms with Crippen LogP contribution < -0.4 is 10.6 Å². The second-order valence-electron chi connectivity index (χ2n) is 9.72. The van der Waals surface area contributed by atoms with Crippen LogP contribution >= 0.6 is 15.9 Å². The molecule has 2 aliphatic rings. The van der Waals surface area contributed by atoms with Crippen molar-refractivity contribution in [2.45, 2.75) is 57.3 Å². The van der Waals surface area contributed by atoms with E-state index >= 15 is 0 Å². The van der Waals surface area contributed by atoms with Crippen LogP contribution in [0.2, 0.25) is 0 Å². The van der Waals surface area contributed by atoms with Crippen LogP contribution in [-0.2, 0) is 16.1 Å². The molecule has 4 amide bonds. The molecule has 0 aromatic heterocycles. The predicted molar refractivity (Wildman–Crippen MR) is 140 cm³/mol. The second kappa shape index (κ2) is 11.4. The smallest absolute Gasteiger partial charge is 0.407 e. The SMILES string of the molecule is CC(C)OC(=O)N[C@@H](CCN1CCC2(CC1)NC(=O)N(Cc1ccc(Br)cc1)C2=O)c1ccccc1. The normalized spacial score (nSPS) is 18.4. The quantitative estimate of drug-likeness (QED) is 0.463. The fourth-order valence-electron chi connectivity index (χ4n) is 4.80. The number of imide groups is 1. The standard InChI is InChI=1S/C27H33BrN4O4/c1-19(2)36-26(35)29-23(21-6-4-3-5-7-21)12-15-31-16-13-27(14-17-31)24(33)32(25(34)30-27)18-20-8-10-22(28)11-9-20/h3-11,19,23H,12-18H2,1-2H3,(H,29,35)(H,30,34)/t23-/m0/s1. The van der Waals surface area contributed by atoms with Gasteiger partial charge in [-0.3, -0.25) is 9.69 Å². The van der Waals surface area contributed by atoms with Crippen LogP contribution in [0.1, 0.15) is 50.3 Å². The summed E-state index contributed by atoms with van der Waals surface area (Å²) in [6.45, 7) is 6.04. The lowest BCUT2D eigenvalue weighted by atomic mass is 9.87. The molecule has 1 spiro atoms. The Morgan fingerprint density at radius 3 is 2.39 bits per heavy atom. The van der Waals surface area contributed by atoms with Crippen molar-refractivity contribution in [3.8, 4) is 0 Å².